The molecular formula is C60H40N2O. The lowest BCUT2D eigenvalue weighted by Crippen LogP contribution is -2.09. The largest absolute Gasteiger partial charge is 0.456 e. The van der Waals surface area contributed by atoms with Gasteiger partial charge in [-0.1, -0.05) is 158 Å². The average molecular weight is 805 g/mol. The van der Waals surface area contributed by atoms with Crippen molar-refractivity contribution in [3.63, 3.8) is 0 Å². The molecule has 2 aromatic heterocycles. The van der Waals surface area contributed by atoms with Crippen LogP contribution in [0.1, 0.15) is 0 Å². The average Bonchev–Trinajstić information content (AvgIpc) is 3.91. The zero-order chi connectivity index (χ0) is 41.7. The molecule has 0 saturated carbocycles. The maximum atomic E-state index is 6.53. The molecule has 0 N–H and O–H groups in total. The van der Waals surface area contributed by atoms with Crippen molar-refractivity contribution in [3.8, 4) is 50.2 Å². The Kier molecular flexibility index (Phi) is 8.83. The third-order valence-corrected chi connectivity index (χ3v) is 12.4. The molecule has 2 heterocycles. The summed E-state index contributed by atoms with van der Waals surface area (Å²) in [4.78, 5) is 2.33. The monoisotopic (exact) mass is 804 g/mol. The Hall–Kier alpha value is -8.40. The molecule has 3 heteroatoms. The van der Waals surface area contributed by atoms with Crippen molar-refractivity contribution >= 4 is 60.8 Å². The van der Waals surface area contributed by atoms with Gasteiger partial charge in [0, 0.05) is 44.3 Å². The summed E-state index contributed by atoms with van der Waals surface area (Å²) in [6.07, 6.45) is 0. The van der Waals surface area contributed by atoms with Crippen LogP contribution in [0.2, 0.25) is 0 Å². The lowest BCUT2D eigenvalue weighted by molar-refractivity contribution is 0.669. The molecule has 0 saturated heterocycles. The summed E-state index contributed by atoms with van der Waals surface area (Å²) in [5.41, 5.74) is 17.9. The van der Waals surface area contributed by atoms with Crippen molar-refractivity contribution in [1.29, 1.82) is 0 Å². The van der Waals surface area contributed by atoms with Gasteiger partial charge in [0.1, 0.15) is 11.2 Å². The van der Waals surface area contributed by atoms with Gasteiger partial charge >= 0.3 is 0 Å². The highest BCUT2D eigenvalue weighted by Gasteiger charge is 2.18. The third-order valence-electron chi connectivity index (χ3n) is 12.4. The minimum atomic E-state index is 0.878. The first-order valence-corrected chi connectivity index (χ1v) is 21.5. The van der Waals surface area contributed by atoms with Crippen molar-refractivity contribution in [1.82, 2.24) is 4.57 Å². The van der Waals surface area contributed by atoms with Crippen molar-refractivity contribution in [2.75, 3.05) is 4.90 Å². The number of furan rings is 1. The smallest absolute Gasteiger partial charge is 0.136 e. The first-order chi connectivity index (χ1) is 31.2. The number of benzene rings is 10. The van der Waals surface area contributed by atoms with E-state index < -0.39 is 0 Å². The SMILES string of the molecule is c1ccc(-c2ccc(N(c3ccc(-c4ccccc4)cc3)c3ccc(-c4cccc5oc6ccc(-c7ccc8c(c7)c7ccccc7n8-c7ccccc7)cc6c45)cc3)cc2)cc1. The number of hydrogen-bond donors (Lipinski definition) is 0. The van der Waals surface area contributed by atoms with Gasteiger partial charge in [-0.25, -0.2) is 0 Å². The summed E-state index contributed by atoms with van der Waals surface area (Å²) in [5, 5.41) is 4.70. The van der Waals surface area contributed by atoms with E-state index in [4.69, 9.17) is 4.42 Å². The van der Waals surface area contributed by atoms with Crippen LogP contribution in [0.15, 0.2) is 247 Å². The molecule has 3 nitrogen and oxygen atoms in total. The van der Waals surface area contributed by atoms with Crippen LogP contribution in [0.4, 0.5) is 17.1 Å². The summed E-state index contributed by atoms with van der Waals surface area (Å²) in [5.74, 6) is 0. The molecule has 0 radical (unpaired) electrons. The van der Waals surface area contributed by atoms with Crippen LogP contribution in [0, 0.1) is 0 Å². The van der Waals surface area contributed by atoms with Gasteiger partial charge in [0.15, 0.2) is 0 Å². The number of nitrogens with zero attached hydrogens (tertiary/aromatic N) is 2. The third kappa shape index (κ3) is 6.46. The Balaban J connectivity index is 0.930. The molecule has 63 heavy (non-hydrogen) atoms. The standard InChI is InChI=1S/C60H40N2O/c1-4-13-41(14-5-1)43-23-31-49(32-24-43)61(50-33-25-44(26-34-50)42-15-6-2-7-16-42)51-35-27-45(28-36-51)52-20-12-22-59-60(52)55-40-47(30-38-58(55)63-59)46-29-37-57-54(39-46)53-19-10-11-21-56(53)62(57)48-17-8-3-9-18-48/h1-40H. The van der Waals surface area contributed by atoms with E-state index in [1.165, 1.54) is 49.6 Å². The second-order valence-electron chi connectivity index (χ2n) is 16.1. The van der Waals surface area contributed by atoms with E-state index >= 15 is 0 Å². The van der Waals surface area contributed by atoms with Gasteiger partial charge in [0.2, 0.25) is 0 Å². The van der Waals surface area contributed by atoms with Crippen molar-refractivity contribution in [2.45, 2.75) is 0 Å². The van der Waals surface area contributed by atoms with Crippen LogP contribution < -0.4 is 4.90 Å². The lowest BCUT2D eigenvalue weighted by atomic mass is 9.96. The summed E-state index contributed by atoms with van der Waals surface area (Å²) in [7, 11) is 0. The van der Waals surface area contributed by atoms with Crippen LogP contribution in [0.3, 0.4) is 0 Å². The Morgan fingerprint density at radius 2 is 0.778 bits per heavy atom. The Morgan fingerprint density at radius 3 is 1.40 bits per heavy atom. The second-order valence-corrected chi connectivity index (χ2v) is 16.1. The Labute approximate surface area is 366 Å². The number of para-hydroxylation sites is 2. The maximum absolute atomic E-state index is 6.53. The molecule has 0 spiro atoms. The molecule has 0 aliphatic rings. The van der Waals surface area contributed by atoms with Crippen molar-refractivity contribution in [2.24, 2.45) is 0 Å². The van der Waals surface area contributed by atoms with Gasteiger partial charge in [-0.3, -0.25) is 0 Å². The Bertz CT molecular complexity index is 3490. The van der Waals surface area contributed by atoms with E-state index in [9.17, 15) is 0 Å². The van der Waals surface area contributed by atoms with Crippen LogP contribution in [-0.2, 0) is 0 Å². The topological polar surface area (TPSA) is 21.3 Å². The molecule has 12 rings (SSSR count). The van der Waals surface area contributed by atoms with Crippen LogP contribution in [0.5, 0.6) is 0 Å². The predicted octanol–water partition coefficient (Wildman–Crippen LogP) is 16.8. The minimum absolute atomic E-state index is 0.878. The zero-order valence-electron chi connectivity index (χ0n) is 34.4. The zero-order valence-corrected chi connectivity index (χ0v) is 34.4. The predicted molar refractivity (Wildman–Crippen MR) is 264 cm³/mol. The summed E-state index contributed by atoms with van der Waals surface area (Å²) in [6, 6.07) is 87.0. The van der Waals surface area contributed by atoms with Gasteiger partial charge < -0.3 is 13.9 Å². The quantitative estimate of drug-likeness (QED) is 0.153. The number of anilines is 3. The normalized spacial score (nSPS) is 11.5. The molecule has 0 amide bonds. The van der Waals surface area contributed by atoms with E-state index in [0.29, 0.717) is 0 Å². The van der Waals surface area contributed by atoms with E-state index in [-0.39, 0.29) is 0 Å². The number of hydrogen-bond acceptors (Lipinski definition) is 2. The molecule has 0 bridgehead atoms. The van der Waals surface area contributed by atoms with Crippen LogP contribution in [0.25, 0.3) is 93.9 Å². The highest BCUT2D eigenvalue weighted by atomic mass is 16.3. The fourth-order valence-electron chi connectivity index (χ4n) is 9.36. The fourth-order valence-corrected chi connectivity index (χ4v) is 9.36. The molecule has 10 aromatic carbocycles. The number of aromatic nitrogens is 1. The maximum Gasteiger partial charge on any atom is 0.136 e. The minimum Gasteiger partial charge on any atom is -0.456 e. The van der Waals surface area contributed by atoms with Gasteiger partial charge in [-0.2, -0.15) is 0 Å². The molecule has 12 aromatic rings. The van der Waals surface area contributed by atoms with Crippen molar-refractivity contribution in [3.05, 3.63) is 243 Å². The van der Waals surface area contributed by atoms with E-state index in [1.807, 2.05) is 0 Å². The summed E-state index contributed by atoms with van der Waals surface area (Å²) in [6.45, 7) is 0. The van der Waals surface area contributed by atoms with E-state index in [1.54, 1.807) is 0 Å². The summed E-state index contributed by atoms with van der Waals surface area (Å²) >= 11 is 0. The number of rotatable bonds is 8. The molecule has 0 unspecified atom stereocenters. The van der Waals surface area contributed by atoms with Crippen LogP contribution >= 0.6 is 0 Å². The van der Waals surface area contributed by atoms with E-state index in [2.05, 4.69) is 252 Å². The molecule has 0 atom stereocenters. The molecule has 0 fully saturated rings. The Morgan fingerprint density at radius 1 is 0.302 bits per heavy atom. The fraction of sp³-hybridized carbons (Fsp3) is 0. The summed E-state index contributed by atoms with van der Waals surface area (Å²) < 4.78 is 8.90. The molecular weight excluding hydrogens is 765 g/mol. The van der Waals surface area contributed by atoms with Gasteiger partial charge in [0.05, 0.1) is 11.0 Å². The van der Waals surface area contributed by atoms with Gasteiger partial charge in [-0.05, 0) is 129 Å². The highest BCUT2D eigenvalue weighted by molar-refractivity contribution is 6.14. The molecule has 296 valence electrons. The lowest BCUT2D eigenvalue weighted by Gasteiger charge is -2.26. The van der Waals surface area contributed by atoms with Gasteiger partial charge in [0.25, 0.3) is 0 Å². The second kappa shape index (κ2) is 15.3. The van der Waals surface area contributed by atoms with Crippen molar-refractivity contribution < 1.29 is 4.42 Å². The van der Waals surface area contributed by atoms with Gasteiger partial charge in [-0.15, -0.1) is 0 Å². The first-order valence-electron chi connectivity index (χ1n) is 21.5. The van der Waals surface area contributed by atoms with Crippen LogP contribution in [-0.4, -0.2) is 4.57 Å². The highest BCUT2D eigenvalue weighted by Crippen LogP contribution is 2.42. The molecule has 0 aliphatic carbocycles. The molecule has 0 aliphatic heterocycles. The first kappa shape index (κ1) is 36.5. The number of fused-ring (bicyclic) bond motifs is 6. The van der Waals surface area contributed by atoms with E-state index in [0.717, 1.165) is 61.4 Å².